The Labute approximate surface area is 114 Å². The van der Waals surface area contributed by atoms with Crippen molar-refractivity contribution < 1.29 is 4.74 Å². The molecule has 0 aromatic heterocycles. The van der Waals surface area contributed by atoms with Crippen LogP contribution in [0.3, 0.4) is 0 Å². The van der Waals surface area contributed by atoms with Crippen LogP contribution in [-0.2, 0) is 6.54 Å². The predicted octanol–water partition coefficient (Wildman–Crippen LogP) is 3.91. The van der Waals surface area contributed by atoms with Crippen molar-refractivity contribution in [1.82, 2.24) is 4.90 Å². The Bertz CT molecular complexity index is 565. The maximum Gasteiger partial charge on any atom is 0.142 e. The second-order valence-electron chi connectivity index (χ2n) is 5.22. The second kappa shape index (κ2) is 5.06. The number of hydrogen-bond acceptors (Lipinski definition) is 2. The van der Waals surface area contributed by atoms with E-state index < -0.39 is 0 Å². The highest BCUT2D eigenvalue weighted by atomic mass is 16.5. The van der Waals surface area contributed by atoms with Crippen LogP contribution >= 0.6 is 0 Å². The average Bonchev–Trinajstić information content (AvgIpc) is 2.46. The summed E-state index contributed by atoms with van der Waals surface area (Å²) in [5.74, 6) is 1.03. The van der Waals surface area contributed by atoms with E-state index in [1.807, 2.05) is 0 Å². The molecule has 3 rings (SSSR count). The van der Waals surface area contributed by atoms with E-state index in [-0.39, 0.29) is 0 Å². The maximum absolute atomic E-state index is 5.86. The van der Waals surface area contributed by atoms with Crippen molar-refractivity contribution in [2.24, 2.45) is 0 Å². The minimum absolute atomic E-state index is 0.370. The molecule has 98 valence electrons. The van der Waals surface area contributed by atoms with Crippen molar-refractivity contribution >= 4 is 0 Å². The van der Waals surface area contributed by atoms with Crippen LogP contribution in [0.5, 0.6) is 5.75 Å². The lowest BCUT2D eigenvalue weighted by atomic mass is 10.0. The molecule has 0 bridgehead atoms. The van der Waals surface area contributed by atoms with E-state index in [9.17, 15) is 0 Å². The minimum Gasteiger partial charge on any atom is -0.478 e. The molecule has 1 aliphatic heterocycles. The first-order chi connectivity index (χ1) is 9.24. The quantitative estimate of drug-likeness (QED) is 0.804. The number of rotatable bonds is 2. The predicted molar refractivity (Wildman–Crippen MR) is 77.1 cm³/mol. The summed E-state index contributed by atoms with van der Waals surface area (Å²) < 4.78 is 5.86. The van der Waals surface area contributed by atoms with Gasteiger partial charge in [0, 0.05) is 18.2 Å². The van der Waals surface area contributed by atoms with Gasteiger partial charge in [-0.3, -0.25) is 4.90 Å². The first-order valence-corrected chi connectivity index (χ1v) is 6.75. The fraction of sp³-hybridized carbons (Fsp3) is 0.294. The van der Waals surface area contributed by atoms with Gasteiger partial charge in [0.25, 0.3) is 0 Å². The summed E-state index contributed by atoms with van der Waals surface area (Å²) in [6.45, 7) is 5.97. The van der Waals surface area contributed by atoms with E-state index in [0.29, 0.717) is 12.8 Å². The van der Waals surface area contributed by atoms with Gasteiger partial charge in [-0.2, -0.15) is 0 Å². The van der Waals surface area contributed by atoms with Crippen LogP contribution in [0.25, 0.3) is 0 Å². The van der Waals surface area contributed by atoms with Gasteiger partial charge in [0.15, 0.2) is 0 Å². The molecule has 0 radical (unpaired) electrons. The Morgan fingerprint density at radius 1 is 1.11 bits per heavy atom. The third kappa shape index (κ3) is 2.49. The van der Waals surface area contributed by atoms with Gasteiger partial charge in [-0.15, -0.1) is 0 Å². The Morgan fingerprint density at radius 3 is 2.68 bits per heavy atom. The molecule has 0 fully saturated rings. The van der Waals surface area contributed by atoms with Crippen molar-refractivity contribution in [3.63, 3.8) is 0 Å². The summed E-state index contributed by atoms with van der Waals surface area (Å²) in [6, 6.07) is 17.4. The molecule has 0 amide bonds. The van der Waals surface area contributed by atoms with Crippen LogP contribution < -0.4 is 4.74 Å². The Balaban J connectivity index is 1.82. The molecule has 19 heavy (non-hydrogen) atoms. The third-order valence-corrected chi connectivity index (χ3v) is 3.80. The largest absolute Gasteiger partial charge is 0.478 e. The van der Waals surface area contributed by atoms with Gasteiger partial charge < -0.3 is 4.74 Å². The summed E-state index contributed by atoms with van der Waals surface area (Å²) in [7, 11) is 0. The SMILES string of the molecule is Cc1ccc2c(c1)CN([C@H](C)c1ccccc1)CO2. The molecule has 1 heterocycles. The van der Waals surface area contributed by atoms with Crippen molar-refractivity contribution in [2.75, 3.05) is 6.73 Å². The molecule has 0 unspecified atom stereocenters. The van der Waals surface area contributed by atoms with E-state index in [2.05, 4.69) is 67.3 Å². The normalized spacial score (nSPS) is 16.5. The highest BCUT2D eigenvalue weighted by Gasteiger charge is 2.22. The summed E-state index contributed by atoms with van der Waals surface area (Å²) in [6.07, 6.45) is 0. The van der Waals surface area contributed by atoms with Crippen LogP contribution in [0, 0.1) is 6.92 Å². The van der Waals surface area contributed by atoms with E-state index in [1.54, 1.807) is 0 Å². The van der Waals surface area contributed by atoms with Crippen LogP contribution in [0.15, 0.2) is 48.5 Å². The number of benzene rings is 2. The lowest BCUT2D eigenvalue weighted by Gasteiger charge is -2.34. The fourth-order valence-electron chi connectivity index (χ4n) is 2.58. The van der Waals surface area contributed by atoms with E-state index in [4.69, 9.17) is 4.74 Å². The smallest absolute Gasteiger partial charge is 0.142 e. The molecule has 1 aliphatic rings. The molecule has 0 saturated carbocycles. The number of fused-ring (bicyclic) bond motifs is 1. The van der Waals surface area contributed by atoms with E-state index >= 15 is 0 Å². The zero-order valence-corrected chi connectivity index (χ0v) is 11.5. The molecular weight excluding hydrogens is 234 g/mol. The third-order valence-electron chi connectivity index (χ3n) is 3.80. The van der Waals surface area contributed by atoms with Gasteiger partial charge in [-0.05, 0) is 25.5 Å². The fourth-order valence-corrected chi connectivity index (χ4v) is 2.58. The molecule has 2 aromatic carbocycles. The van der Waals surface area contributed by atoms with Gasteiger partial charge >= 0.3 is 0 Å². The highest BCUT2D eigenvalue weighted by Crippen LogP contribution is 2.30. The number of aryl methyl sites for hydroxylation is 1. The zero-order valence-electron chi connectivity index (χ0n) is 11.5. The highest BCUT2D eigenvalue weighted by molar-refractivity contribution is 5.38. The van der Waals surface area contributed by atoms with Gasteiger partial charge in [-0.1, -0.05) is 48.0 Å². The van der Waals surface area contributed by atoms with Gasteiger partial charge in [0.1, 0.15) is 12.5 Å². The van der Waals surface area contributed by atoms with Crippen molar-refractivity contribution in [1.29, 1.82) is 0 Å². The lowest BCUT2D eigenvalue weighted by molar-refractivity contribution is 0.0617. The van der Waals surface area contributed by atoms with Crippen LogP contribution in [0.2, 0.25) is 0 Å². The summed E-state index contributed by atoms with van der Waals surface area (Å²) in [5.41, 5.74) is 3.91. The molecular formula is C17H19NO. The molecule has 2 heteroatoms. The summed E-state index contributed by atoms with van der Waals surface area (Å²) in [5, 5.41) is 0. The Hall–Kier alpha value is -1.80. The number of ether oxygens (including phenoxy) is 1. The topological polar surface area (TPSA) is 12.5 Å². The van der Waals surface area contributed by atoms with Crippen LogP contribution in [0.4, 0.5) is 0 Å². The van der Waals surface area contributed by atoms with Crippen LogP contribution in [-0.4, -0.2) is 11.6 Å². The monoisotopic (exact) mass is 253 g/mol. The second-order valence-corrected chi connectivity index (χ2v) is 5.22. The first-order valence-electron chi connectivity index (χ1n) is 6.75. The van der Waals surface area contributed by atoms with Gasteiger partial charge in [-0.25, -0.2) is 0 Å². The Kier molecular flexibility index (Phi) is 3.26. The number of nitrogens with zero attached hydrogens (tertiary/aromatic N) is 1. The van der Waals surface area contributed by atoms with Crippen molar-refractivity contribution in [3.8, 4) is 5.75 Å². The summed E-state index contributed by atoms with van der Waals surface area (Å²) in [4.78, 5) is 2.36. The van der Waals surface area contributed by atoms with Crippen molar-refractivity contribution in [2.45, 2.75) is 26.4 Å². The zero-order chi connectivity index (χ0) is 13.2. The molecule has 0 aliphatic carbocycles. The first kappa shape index (κ1) is 12.2. The molecule has 2 nitrogen and oxygen atoms in total. The van der Waals surface area contributed by atoms with Gasteiger partial charge in [0.2, 0.25) is 0 Å². The summed E-state index contributed by atoms with van der Waals surface area (Å²) >= 11 is 0. The lowest BCUT2D eigenvalue weighted by Crippen LogP contribution is -2.34. The Morgan fingerprint density at radius 2 is 1.89 bits per heavy atom. The van der Waals surface area contributed by atoms with E-state index in [0.717, 1.165) is 12.3 Å². The molecule has 2 aromatic rings. The van der Waals surface area contributed by atoms with Crippen LogP contribution in [0.1, 0.15) is 29.7 Å². The average molecular weight is 253 g/mol. The molecule has 0 N–H and O–H groups in total. The molecule has 0 saturated heterocycles. The van der Waals surface area contributed by atoms with Crippen molar-refractivity contribution in [3.05, 3.63) is 65.2 Å². The molecule has 1 atom stereocenters. The minimum atomic E-state index is 0.370. The van der Waals surface area contributed by atoms with E-state index in [1.165, 1.54) is 16.7 Å². The maximum atomic E-state index is 5.86. The number of hydrogen-bond donors (Lipinski definition) is 0. The molecule has 0 spiro atoms. The standard InChI is InChI=1S/C17H19NO/c1-13-8-9-17-16(10-13)11-18(12-19-17)14(2)15-6-4-3-5-7-15/h3-10,14H,11-12H2,1-2H3/t14-/m1/s1. The van der Waals surface area contributed by atoms with Gasteiger partial charge in [0.05, 0.1) is 0 Å².